The maximum atomic E-state index is 13.8. The molecule has 0 spiro atoms. The normalized spacial score (nSPS) is 21.3. The molecule has 2 rings (SSSR count). The molecular weight excluding hydrogens is 253 g/mol. The summed E-state index contributed by atoms with van der Waals surface area (Å²) in [6.45, 7) is 6.15. The Morgan fingerprint density at radius 3 is 2.83 bits per heavy atom. The van der Waals surface area contributed by atoms with E-state index in [2.05, 4.69) is 19.2 Å². The number of hydrogen-bond acceptors (Lipinski definition) is 2. The van der Waals surface area contributed by atoms with Crippen LogP contribution in [0.25, 0.3) is 0 Å². The molecule has 0 bridgehead atoms. The van der Waals surface area contributed by atoms with E-state index in [0.29, 0.717) is 11.8 Å². The van der Waals surface area contributed by atoms with Gasteiger partial charge in [0.1, 0.15) is 6.10 Å². The molecule has 18 heavy (non-hydrogen) atoms. The van der Waals surface area contributed by atoms with Gasteiger partial charge in [0.2, 0.25) is 0 Å². The van der Waals surface area contributed by atoms with Crippen LogP contribution in [0.3, 0.4) is 0 Å². The van der Waals surface area contributed by atoms with Gasteiger partial charge >= 0.3 is 0 Å². The van der Waals surface area contributed by atoms with Crippen LogP contribution in [0.1, 0.15) is 20.3 Å². The summed E-state index contributed by atoms with van der Waals surface area (Å²) in [6.07, 6.45) is 1.10. The number of benzene rings is 1. The second-order valence-electron chi connectivity index (χ2n) is 5.13. The van der Waals surface area contributed by atoms with Crippen LogP contribution in [0.2, 0.25) is 5.02 Å². The Morgan fingerprint density at radius 2 is 2.22 bits per heavy atom. The lowest BCUT2D eigenvalue weighted by atomic mass is 9.92. The molecule has 2 nitrogen and oxygen atoms in total. The molecule has 0 saturated carbocycles. The molecule has 2 atom stereocenters. The van der Waals surface area contributed by atoms with Gasteiger partial charge < -0.3 is 10.1 Å². The molecule has 0 aromatic heterocycles. The van der Waals surface area contributed by atoms with Crippen LogP contribution < -0.4 is 10.1 Å². The third kappa shape index (κ3) is 2.96. The Labute approximate surface area is 112 Å². The first-order valence-corrected chi connectivity index (χ1v) is 6.78. The zero-order valence-electron chi connectivity index (χ0n) is 10.7. The zero-order valence-corrected chi connectivity index (χ0v) is 11.5. The number of halogens is 2. The van der Waals surface area contributed by atoms with E-state index in [0.717, 1.165) is 19.5 Å². The van der Waals surface area contributed by atoms with Gasteiger partial charge in [-0.05, 0) is 31.0 Å². The summed E-state index contributed by atoms with van der Waals surface area (Å²) in [4.78, 5) is 0. The third-order valence-electron chi connectivity index (χ3n) is 3.40. The van der Waals surface area contributed by atoms with Crippen LogP contribution in [0.15, 0.2) is 18.2 Å². The smallest absolute Gasteiger partial charge is 0.183 e. The predicted octanol–water partition coefficient (Wildman–Crippen LogP) is 3.49. The Bertz CT molecular complexity index is 405. The molecule has 1 saturated heterocycles. The minimum absolute atomic E-state index is 0.0213. The lowest BCUT2D eigenvalue weighted by Crippen LogP contribution is -2.33. The van der Waals surface area contributed by atoms with Crippen LogP contribution >= 0.6 is 11.6 Å². The molecule has 1 aromatic rings. The van der Waals surface area contributed by atoms with Crippen LogP contribution in [0.5, 0.6) is 5.75 Å². The second kappa shape index (κ2) is 5.89. The monoisotopic (exact) mass is 271 g/mol. The van der Waals surface area contributed by atoms with E-state index < -0.39 is 5.82 Å². The van der Waals surface area contributed by atoms with Gasteiger partial charge in [0, 0.05) is 12.5 Å². The van der Waals surface area contributed by atoms with E-state index in [1.165, 1.54) is 6.07 Å². The average Bonchev–Trinajstić information content (AvgIpc) is 2.84. The fourth-order valence-corrected chi connectivity index (χ4v) is 2.62. The number of ether oxygens (including phenoxy) is 1. The van der Waals surface area contributed by atoms with Crippen molar-refractivity contribution in [2.24, 2.45) is 11.8 Å². The molecule has 1 aliphatic heterocycles. The van der Waals surface area contributed by atoms with Crippen molar-refractivity contribution in [2.75, 3.05) is 13.1 Å². The summed E-state index contributed by atoms with van der Waals surface area (Å²) < 4.78 is 19.7. The van der Waals surface area contributed by atoms with Crippen molar-refractivity contribution in [3.8, 4) is 5.75 Å². The maximum Gasteiger partial charge on any atom is 0.183 e. The molecule has 1 aromatic carbocycles. The van der Waals surface area contributed by atoms with Gasteiger partial charge in [0.05, 0.1) is 5.02 Å². The highest BCUT2D eigenvalue weighted by molar-refractivity contribution is 6.30. The Balaban J connectivity index is 2.15. The first-order chi connectivity index (χ1) is 8.59. The second-order valence-corrected chi connectivity index (χ2v) is 5.54. The molecule has 0 radical (unpaired) electrons. The van der Waals surface area contributed by atoms with Gasteiger partial charge in [-0.1, -0.05) is 31.5 Å². The minimum atomic E-state index is -0.462. The predicted molar refractivity (Wildman–Crippen MR) is 71.6 cm³/mol. The minimum Gasteiger partial charge on any atom is -0.487 e. The van der Waals surface area contributed by atoms with Crippen molar-refractivity contribution in [1.82, 2.24) is 5.32 Å². The SMILES string of the molecule is CC(C)[C@H](Oc1cccc(Cl)c1F)C1CCNC1. The van der Waals surface area contributed by atoms with Gasteiger partial charge in [-0.2, -0.15) is 0 Å². The Hall–Kier alpha value is -0.800. The van der Waals surface area contributed by atoms with Crippen molar-refractivity contribution in [2.45, 2.75) is 26.4 Å². The lowest BCUT2D eigenvalue weighted by molar-refractivity contribution is 0.0928. The fourth-order valence-electron chi connectivity index (χ4n) is 2.46. The summed E-state index contributed by atoms with van der Waals surface area (Å²) in [5, 5.41) is 3.43. The van der Waals surface area contributed by atoms with Crippen molar-refractivity contribution >= 4 is 11.6 Å². The van der Waals surface area contributed by atoms with Crippen LogP contribution in [-0.2, 0) is 0 Å². The summed E-state index contributed by atoms with van der Waals surface area (Å²) in [5.41, 5.74) is 0. The largest absolute Gasteiger partial charge is 0.487 e. The van der Waals surface area contributed by atoms with E-state index in [1.807, 2.05) is 0 Å². The molecule has 1 fully saturated rings. The molecule has 100 valence electrons. The van der Waals surface area contributed by atoms with Gasteiger partial charge in [-0.25, -0.2) is 4.39 Å². The Kier molecular flexibility index (Phi) is 4.46. The maximum absolute atomic E-state index is 13.8. The van der Waals surface area contributed by atoms with Crippen LogP contribution in [0.4, 0.5) is 4.39 Å². The highest BCUT2D eigenvalue weighted by Gasteiger charge is 2.29. The lowest BCUT2D eigenvalue weighted by Gasteiger charge is -2.28. The van der Waals surface area contributed by atoms with Gasteiger partial charge in [0.25, 0.3) is 0 Å². The third-order valence-corrected chi connectivity index (χ3v) is 3.69. The van der Waals surface area contributed by atoms with Crippen molar-refractivity contribution < 1.29 is 9.13 Å². The molecule has 1 N–H and O–H groups in total. The van der Waals surface area contributed by atoms with Crippen LogP contribution in [-0.4, -0.2) is 19.2 Å². The summed E-state index contributed by atoms with van der Waals surface area (Å²) in [7, 11) is 0. The quantitative estimate of drug-likeness (QED) is 0.905. The summed E-state index contributed by atoms with van der Waals surface area (Å²) >= 11 is 5.77. The van der Waals surface area contributed by atoms with Crippen molar-refractivity contribution in [3.05, 3.63) is 29.0 Å². The molecule has 0 aliphatic carbocycles. The molecule has 1 aliphatic rings. The van der Waals surface area contributed by atoms with Gasteiger partial charge in [-0.15, -0.1) is 0 Å². The number of nitrogens with one attached hydrogen (secondary N) is 1. The number of rotatable bonds is 4. The van der Waals surface area contributed by atoms with E-state index in [1.54, 1.807) is 12.1 Å². The van der Waals surface area contributed by atoms with E-state index >= 15 is 0 Å². The molecule has 4 heteroatoms. The molecule has 0 amide bonds. The molecule has 1 heterocycles. The van der Waals surface area contributed by atoms with Crippen LogP contribution in [0, 0.1) is 17.7 Å². The average molecular weight is 272 g/mol. The summed E-state index contributed by atoms with van der Waals surface area (Å²) in [6, 6.07) is 4.88. The summed E-state index contributed by atoms with van der Waals surface area (Å²) in [5.74, 6) is 0.570. The first kappa shape index (κ1) is 13.6. The highest BCUT2D eigenvalue weighted by atomic mass is 35.5. The zero-order chi connectivity index (χ0) is 13.1. The number of hydrogen-bond donors (Lipinski definition) is 1. The van der Waals surface area contributed by atoms with Gasteiger partial charge in [0.15, 0.2) is 11.6 Å². The van der Waals surface area contributed by atoms with Crippen molar-refractivity contribution in [1.29, 1.82) is 0 Å². The molecular formula is C14H19ClFNO. The highest BCUT2D eigenvalue weighted by Crippen LogP contribution is 2.29. The van der Waals surface area contributed by atoms with E-state index in [4.69, 9.17) is 16.3 Å². The topological polar surface area (TPSA) is 21.3 Å². The Morgan fingerprint density at radius 1 is 1.44 bits per heavy atom. The fraction of sp³-hybridized carbons (Fsp3) is 0.571. The molecule has 1 unspecified atom stereocenters. The van der Waals surface area contributed by atoms with Crippen molar-refractivity contribution in [3.63, 3.8) is 0 Å². The standard InChI is InChI=1S/C14H19ClFNO/c1-9(2)14(10-6-7-17-8-10)18-12-5-3-4-11(15)13(12)16/h3-5,9-10,14,17H,6-8H2,1-2H3/t10?,14-/m0/s1. The van der Waals surface area contributed by atoms with Gasteiger partial charge in [-0.3, -0.25) is 0 Å². The van der Waals surface area contributed by atoms with E-state index in [-0.39, 0.29) is 16.9 Å². The van der Waals surface area contributed by atoms with E-state index in [9.17, 15) is 4.39 Å². The first-order valence-electron chi connectivity index (χ1n) is 6.41.